The minimum Gasteiger partial charge on any atom is -0.493 e. The quantitative estimate of drug-likeness (QED) is 0.384. The largest absolute Gasteiger partial charge is 0.493 e. The molecule has 2 aromatic carbocycles. The van der Waals surface area contributed by atoms with Crippen LogP contribution in [-0.4, -0.2) is 39.6 Å². The average Bonchev–Trinajstić information content (AvgIpc) is 3.12. The summed E-state index contributed by atoms with van der Waals surface area (Å²) in [5, 5.41) is 15.6. The summed E-state index contributed by atoms with van der Waals surface area (Å²) in [6.45, 7) is 1.75. The van der Waals surface area contributed by atoms with Crippen molar-refractivity contribution in [2.75, 3.05) is 19.4 Å². The number of halogens is 2. The molecule has 0 atom stereocenters. The molecule has 0 aliphatic carbocycles. The van der Waals surface area contributed by atoms with Gasteiger partial charge in [-0.2, -0.15) is 0 Å². The number of methoxy groups -OCH3 is 1. The van der Waals surface area contributed by atoms with E-state index < -0.39 is 0 Å². The summed E-state index contributed by atoms with van der Waals surface area (Å²) in [5.74, 6) is 1.93. The molecule has 0 aliphatic heterocycles. The number of benzene rings is 2. The average molecular weight is 440 g/mol. The number of ether oxygens (including phenoxy) is 2. The van der Waals surface area contributed by atoms with Crippen molar-refractivity contribution in [1.82, 2.24) is 25.5 Å². The number of rotatable bonds is 10. The first-order valence-electron chi connectivity index (χ1n) is 8.76. The van der Waals surface area contributed by atoms with Crippen LogP contribution in [0.4, 0.5) is 4.39 Å². The molecule has 0 radical (unpaired) electrons. The van der Waals surface area contributed by atoms with Crippen molar-refractivity contribution in [2.45, 2.75) is 18.3 Å². The molecule has 10 heteroatoms. The Hall–Kier alpha value is -2.36. The zero-order chi connectivity index (χ0) is 19.8. The van der Waals surface area contributed by atoms with Gasteiger partial charge in [-0.05, 0) is 34.2 Å². The fraction of sp³-hybridized carbons (Fsp3) is 0.316. The van der Waals surface area contributed by atoms with Gasteiger partial charge in [0.05, 0.1) is 7.11 Å². The van der Waals surface area contributed by atoms with Crippen LogP contribution in [0.2, 0.25) is 0 Å². The number of aryl methyl sites for hydroxylation is 1. The summed E-state index contributed by atoms with van der Waals surface area (Å²) in [5.41, 5.74) is 1.88. The van der Waals surface area contributed by atoms with Gasteiger partial charge in [0.15, 0.2) is 11.5 Å². The molecular weight excluding hydrogens is 417 g/mol. The van der Waals surface area contributed by atoms with Crippen LogP contribution in [0.5, 0.6) is 11.5 Å². The van der Waals surface area contributed by atoms with Crippen LogP contribution in [0, 0.1) is 5.82 Å². The van der Waals surface area contributed by atoms with Gasteiger partial charge in [-0.25, -0.2) is 9.07 Å². The number of nitrogens with zero attached hydrogens (tertiary/aromatic N) is 4. The van der Waals surface area contributed by atoms with Crippen molar-refractivity contribution in [2.24, 2.45) is 7.05 Å². The number of aromatic nitrogens is 4. The monoisotopic (exact) mass is 439 g/mol. The van der Waals surface area contributed by atoms with Crippen LogP contribution in [0.1, 0.15) is 11.1 Å². The van der Waals surface area contributed by atoms with Crippen molar-refractivity contribution >= 4 is 24.2 Å². The maximum Gasteiger partial charge on any atom is 0.209 e. The molecule has 29 heavy (non-hydrogen) atoms. The van der Waals surface area contributed by atoms with E-state index in [1.54, 1.807) is 35.7 Å². The molecule has 3 rings (SSSR count). The maximum absolute atomic E-state index is 13.1. The predicted molar refractivity (Wildman–Crippen MR) is 112 cm³/mol. The molecular formula is C19H23ClFN5O2S. The molecule has 0 saturated carbocycles. The van der Waals surface area contributed by atoms with E-state index in [1.807, 2.05) is 25.2 Å². The Morgan fingerprint density at radius 1 is 1.17 bits per heavy atom. The van der Waals surface area contributed by atoms with Crippen molar-refractivity contribution < 1.29 is 13.9 Å². The summed E-state index contributed by atoms with van der Waals surface area (Å²) in [4.78, 5) is 0. The first-order valence-corrected chi connectivity index (χ1v) is 9.75. The Labute approximate surface area is 179 Å². The first-order chi connectivity index (χ1) is 13.7. The Kier molecular flexibility index (Phi) is 9.17. The lowest BCUT2D eigenvalue weighted by atomic mass is 10.1. The van der Waals surface area contributed by atoms with Crippen LogP contribution >= 0.6 is 24.2 Å². The van der Waals surface area contributed by atoms with Crippen LogP contribution < -0.4 is 14.8 Å². The standard InChI is InChI=1S/C19H22FN5O2S.ClH/c1-25-19(22-23-24-25)28-11-10-21-12-15-4-3-5-17(26-2)18(15)27-13-14-6-8-16(20)9-7-14;/h3-9,21H,10-13H2,1-2H3;1H. The van der Waals surface area contributed by atoms with Crippen LogP contribution in [0.25, 0.3) is 0 Å². The SMILES string of the molecule is COc1cccc(CNCCSc2nnnn2C)c1OCc1ccc(F)cc1.Cl. The Morgan fingerprint density at radius 3 is 2.66 bits per heavy atom. The number of hydrogen-bond acceptors (Lipinski definition) is 7. The maximum atomic E-state index is 13.1. The Morgan fingerprint density at radius 2 is 1.97 bits per heavy atom. The number of hydrogen-bond donors (Lipinski definition) is 1. The molecule has 0 amide bonds. The smallest absolute Gasteiger partial charge is 0.209 e. The molecule has 1 heterocycles. The summed E-state index contributed by atoms with van der Waals surface area (Å²) < 4.78 is 26.1. The zero-order valence-corrected chi connectivity index (χ0v) is 17.8. The van der Waals surface area contributed by atoms with Crippen molar-refractivity contribution in [1.29, 1.82) is 0 Å². The number of tetrazole rings is 1. The molecule has 7 nitrogen and oxygen atoms in total. The van der Waals surface area contributed by atoms with Gasteiger partial charge in [-0.3, -0.25) is 0 Å². The number of nitrogens with one attached hydrogen (secondary N) is 1. The van der Waals surface area contributed by atoms with Crippen LogP contribution in [0.15, 0.2) is 47.6 Å². The summed E-state index contributed by atoms with van der Waals surface area (Å²) in [6, 6.07) is 12.1. The summed E-state index contributed by atoms with van der Waals surface area (Å²) in [7, 11) is 3.43. The highest BCUT2D eigenvalue weighted by Gasteiger charge is 2.11. The lowest BCUT2D eigenvalue weighted by Gasteiger charge is -2.15. The van der Waals surface area contributed by atoms with Gasteiger partial charge in [-0.1, -0.05) is 36.0 Å². The van der Waals surface area contributed by atoms with Gasteiger partial charge >= 0.3 is 0 Å². The first kappa shape index (κ1) is 22.9. The van der Waals surface area contributed by atoms with Gasteiger partial charge in [0, 0.05) is 31.5 Å². The van der Waals surface area contributed by atoms with E-state index in [-0.39, 0.29) is 18.2 Å². The van der Waals surface area contributed by atoms with Crippen LogP contribution in [0.3, 0.4) is 0 Å². The number of para-hydroxylation sites is 1. The fourth-order valence-electron chi connectivity index (χ4n) is 2.54. The van der Waals surface area contributed by atoms with E-state index in [9.17, 15) is 4.39 Å². The van der Waals surface area contributed by atoms with E-state index in [0.717, 1.165) is 28.6 Å². The topological polar surface area (TPSA) is 74.1 Å². The molecule has 0 unspecified atom stereocenters. The Balaban J connectivity index is 0.00000300. The molecule has 0 bridgehead atoms. The molecule has 0 saturated heterocycles. The minimum atomic E-state index is -0.263. The highest BCUT2D eigenvalue weighted by atomic mass is 35.5. The third-order valence-electron chi connectivity index (χ3n) is 3.98. The zero-order valence-electron chi connectivity index (χ0n) is 16.2. The molecule has 0 aliphatic rings. The second kappa shape index (κ2) is 11.6. The van der Waals surface area contributed by atoms with Crippen LogP contribution in [-0.2, 0) is 20.2 Å². The molecule has 1 N–H and O–H groups in total. The third kappa shape index (κ3) is 6.59. The molecule has 156 valence electrons. The highest BCUT2D eigenvalue weighted by molar-refractivity contribution is 7.99. The van der Waals surface area contributed by atoms with Crippen molar-refractivity contribution in [3.63, 3.8) is 0 Å². The van der Waals surface area contributed by atoms with Gasteiger partial charge in [0.25, 0.3) is 0 Å². The lowest BCUT2D eigenvalue weighted by Crippen LogP contribution is -2.17. The highest BCUT2D eigenvalue weighted by Crippen LogP contribution is 2.31. The number of thioether (sulfide) groups is 1. The molecule has 1 aromatic heterocycles. The van der Waals surface area contributed by atoms with E-state index in [2.05, 4.69) is 20.8 Å². The third-order valence-corrected chi connectivity index (χ3v) is 5.00. The van der Waals surface area contributed by atoms with Gasteiger partial charge in [-0.15, -0.1) is 17.5 Å². The normalized spacial score (nSPS) is 10.4. The second-order valence-electron chi connectivity index (χ2n) is 5.97. The van der Waals surface area contributed by atoms with Crippen molar-refractivity contribution in [3.8, 4) is 11.5 Å². The van der Waals surface area contributed by atoms with Gasteiger partial charge in [0.1, 0.15) is 12.4 Å². The molecule has 3 aromatic rings. The second-order valence-corrected chi connectivity index (χ2v) is 7.04. The van der Waals surface area contributed by atoms with Gasteiger partial charge < -0.3 is 14.8 Å². The molecule has 0 fully saturated rings. The van der Waals surface area contributed by atoms with E-state index in [4.69, 9.17) is 9.47 Å². The minimum absolute atomic E-state index is 0. The fourth-order valence-corrected chi connectivity index (χ4v) is 3.29. The predicted octanol–water partition coefficient (Wildman–Crippen LogP) is 3.24. The van der Waals surface area contributed by atoms with Gasteiger partial charge in [0.2, 0.25) is 5.16 Å². The molecule has 0 spiro atoms. The van der Waals surface area contributed by atoms with Crippen molar-refractivity contribution in [3.05, 3.63) is 59.4 Å². The summed E-state index contributed by atoms with van der Waals surface area (Å²) >= 11 is 1.59. The summed E-state index contributed by atoms with van der Waals surface area (Å²) in [6.07, 6.45) is 0. The van der Waals surface area contributed by atoms with E-state index in [1.165, 1.54) is 12.1 Å². The Bertz CT molecular complexity index is 895. The van der Waals surface area contributed by atoms with E-state index in [0.29, 0.717) is 24.7 Å². The lowest BCUT2D eigenvalue weighted by molar-refractivity contribution is 0.280. The van der Waals surface area contributed by atoms with E-state index >= 15 is 0 Å².